The first-order valence-electron chi connectivity index (χ1n) is 5.50. The molecule has 0 aliphatic heterocycles. The minimum Gasteiger partial charge on any atom is -0.338 e. The first kappa shape index (κ1) is 12.5. The van der Waals surface area contributed by atoms with Crippen molar-refractivity contribution in [3.63, 3.8) is 0 Å². The van der Waals surface area contributed by atoms with Gasteiger partial charge in [0.25, 0.3) is 0 Å². The molecule has 0 amide bonds. The van der Waals surface area contributed by atoms with Crippen molar-refractivity contribution >= 4 is 23.1 Å². The summed E-state index contributed by atoms with van der Waals surface area (Å²) in [5.74, 6) is 0.653. The van der Waals surface area contributed by atoms with Crippen molar-refractivity contribution in [3.05, 3.63) is 40.0 Å². The van der Waals surface area contributed by atoms with Crippen LogP contribution in [0.2, 0.25) is 5.02 Å². The lowest BCUT2D eigenvalue weighted by Crippen LogP contribution is -2.01. The molecule has 4 nitrogen and oxygen atoms in total. The summed E-state index contributed by atoms with van der Waals surface area (Å²) in [6, 6.07) is 7.87. The van der Waals surface area contributed by atoms with Crippen LogP contribution in [0.3, 0.4) is 0 Å². The van der Waals surface area contributed by atoms with Crippen LogP contribution in [0.1, 0.15) is 16.8 Å². The van der Waals surface area contributed by atoms with E-state index < -0.39 is 0 Å². The highest BCUT2D eigenvalue weighted by molar-refractivity contribution is 6.33. The Bertz CT molecular complexity index is 637. The number of aromatic nitrogens is 2. The van der Waals surface area contributed by atoms with Gasteiger partial charge in [0.1, 0.15) is 17.5 Å². The molecule has 2 aromatic rings. The average molecular weight is 261 g/mol. The van der Waals surface area contributed by atoms with Crippen LogP contribution in [-0.2, 0) is 7.05 Å². The van der Waals surface area contributed by atoms with Crippen molar-refractivity contribution in [1.82, 2.24) is 9.78 Å². The van der Waals surface area contributed by atoms with Crippen molar-refractivity contribution in [2.45, 2.75) is 13.8 Å². The molecule has 18 heavy (non-hydrogen) atoms. The zero-order valence-corrected chi connectivity index (χ0v) is 11.2. The molecule has 2 rings (SSSR count). The van der Waals surface area contributed by atoms with Gasteiger partial charge in [0.05, 0.1) is 16.4 Å². The fourth-order valence-corrected chi connectivity index (χ4v) is 2.07. The van der Waals surface area contributed by atoms with Crippen LogP contribution in [-0.4, -0.2) is 9.78 Å². The monoisotopic (exact) mass is 260 g/mol. The van der Waals surface area contributed by atoms with Crippen molar-refractivity contribution < 1.29 is 0 Å². The van der Waals surface area contributed by atoms with Crippen molar-refractivity contribution in [3.8, 4) is 6.07 Å². The largest absolute Gasteiger partial charge is 0.338 e. The van der Waals surface area contributed by atoms with Gasteiger partial charge in [0.15, 0.2) is 0 Å². The molecule has 0 radical (unpaired) electrons. The Kier molecular flexibility index (Phi) is 3.26. The maximum Gasteiger partial charge on any atom is 0.146 e. The molecule has 0 atom stereocenters. The molecule has 0 saturated carbocycles. The molecular formula is C13H13ClN4. The van der Waals surface area contributed by atoms with E-state index in [9.17, 15) is 0 Å². The van der Waals surface area contributed by atoms with Gasteiger partial charge < -0.3 is 5.32 Å². The normalized spacial score (nSPS) is 10.2. The second kappa shape index (κ2) is 4.71. The number of aryl methyl sites for hydroxylation is 3. The number of anilines is 2. The molecule has 0 aliphatic rings. The molecule has 0 unspecified atom stereocenters. The van der Waals surface area contributed by atoms with E-state index in [1.54, 1.807) is 18.7 Å². The summed E-state index contributed by atoms with van der Waals surface area (Å²) in [6.07, 6.45) is 0. The van der Waals surface area contributed by atoms with Gasteiger partial charge in [0, 0.05) is 7.05 Å². The number of hydrogen-bond acceptors (Lipinski definition) is 3. The second-order valence-corrected chi connectivity index (χ2v) is 4.56. The lowest BCUT2D eigenvalue weighted by atomic mass is 10.2. The first-order valence-corrected chi connectivity index (χ1v) is 5.87. The SMILES string of the molecule is Cc1ccc(Nc2c(C#N)c(C)nn2C)c(Cl)c1. The van der Waals surface area contributed by atoms with Crippen LogP contribution >= 0.6 is 11.6 Å². The summed E-state index contributed by atoms with van der Waals surface area (Å²) in [5.41, 5.74) is 3.09. The third kappa shape index (κ3) is 2.18. The highest BCUT2D eigenvalue weighted by Gasteiger charge is 2.13. The van der Waals surface area contributed by atoms with E-state index in [-0.39, 0.29) is 0 Å². The van der Waals surface area contributed by atoms with E-state index in [1.165, 1.54) is 0 Å². The maximum absolute atomic E-state index is 9.13. The van der Waals surface area contributed by atoms with E-state index in [2.05, 4.69) is 16.5 Å². The Morgan fingerprint density at radius 3 is 2.72 bits per heavy atom. The molecule has 1 aromatic heterocycles. The highest BCUT2D eigenvalue weighted by atomic mass is 35.5. The van der Waals surface area contributed by atoms with Gasteiger partial charge in [-0.05, 0) is 31.5 Å². The number of rotatable bonds is 2. The van der Waals surface area contributed by atoms with Crippen LogP contribution in [0.15, 0.2) is 18.2 Å². The summed E-state index contributed by atoms with van der Waals surface area (Å²) < 4.78 is 1.64. The van der Waals surface area contributed by atoms with Gasteiger partial charge in [-0.3, -0.25) is 4.68 Å². The predicted octanol–water partition coefficient (Wildman–Crippen LogP) is 3.31. The fraction of sp³-hybridized carbons (Fsp3) is 0.231. The third-order valence-electron chi connectivity index (χ3n) is 2.71. The summed E-state index contributed by atoms with van der Waals surface area (Å²) in [6.45, 7) is 3.78. The van der Waals surface area contributed by atoms with E-state index in [0.717, 1.165) is 11.3 Å². The summed E-state index contributed by atoms with van der Waals surface area (Å²) in [5, 5.41) is 17.1. The van der Waals surface area contributed by atoms with E-state index >= 15 is 0 Å². The van der Waals surface area contributed by atoms with Crippen molar-refractivity contribution in [2.75, 3.05) is 5.32 Å². The predicted molar refractivity (Wildman–Crippen MR) is 72.1 cm³/mol. The van der Waals surface area contributed by atoms with Gasteiger partial charge in [-0.2, -0.15) is 10.4 Å². The van der Waals surface area contributed by atoms with Crippen LogP contribution in [0.4, 0.5) is 11.5 Å². The fourth-order valence-electron chi connectivity index (χ4n) is 1.78. The average Bonchev–Trinajstić information content (AvgIpc) is 2.57. The van der Waals surface area contributed by atoms with Gasteiger partial charge in [0.2, 0.25) is 0 Å². The van der Waals surface area contributed by atoms with Crippen LogP contribution in [0, 0.1) is 25.2 Å². The topological polar surface area (TPSA) is 53.6 Å². The standard InChI is InChI=1S/C13H13ClN4/c1-8-4-5-12(11(14)6-8)16-13-10(7-15)9(2)17-18(13)3/h4-6,16H,1-3H3. The second-order valence-electron chi connectivity index (χ2n) is 4.15. The number of nitrogens with zero attached hydrogens (tertiary/aromatic N) is 3. The number of benzene rings is 1. The molecule has 1 N–H and O–H groups in total. The van der Waals surface area contributed by atoms with Gasteiger partial charge in [-0.1, -0.05) is 17.7 Å². The first-order chi connectivity index (χ1) is 8.52. The Balaban J connectivity index is 2.43. The zero-order valence-electron chi connectivity index (χ0n) is 10.5. The number of nitriles is 1. The van der Waals surface area contributed by atoms with E-state index in [0.29, 0.717) is 22.1 Å². The molecule has 0 bridgehead atoms. The van der Waals surface area contributed by atoms with E-state index in [4.69, 9.17) is 16.9 Å². The maximum atomic E-state index is 9.13. The number of hydrogen-bond donors (Lipinski definition) is 1. The van der Waals surface area contributed by atoms with Crippen LogP contribution in [0.5, 0.6) is 0 Å². The quantitative estimate of drug-likeness (QED) is 0.901. The molecule has 0 spiro atoms. The highest BCUT2D eigenvalue weighted by Crippen LogP contribution is 2.28. The van der Waals surface area contributed by atoms with Crippen LogP contribution < -0.4 is 5.32 Å². The Hall–Kier alpha value is -1.99. The Morgan fingerprint density at radius 2 is 2.11 bits per heavy atom. The zero-order chi connectivity index (χ0) is 13.3. The lowest BCUT2D eigenvalue weighted by molar-refractivity contribution is 0.765. The van der Waals surface area contributed by atoms with Gasteiger partial charge in [-0.15, -0.1) is 0 Å². The molecule has 5 heteroatoms. The van der Waals surface area contributed by atoms with Gasteiger partial charge in [-0.25, -0.2) is 0 Å². The van der Waals surface area contributed by atoms with E-state index in [1.807, 2.05) is 25.1 Å². The van der Waals surface area contributed by atoms with Crippen LogP contribution in [0.25, 0.3) is 0 Å². The minimum absolute atomic E-state index is 0.536. The third-order valence-corrected chi connectivity index (χ3v) is 3.02. The summed E-state index contributed by atoms with van der Waals surface area (Å²) in [4.78, 5) is 0. The lowest BCUT2D eigenvalue weighted by Gasteiger charge is -2.09. The van der Waals surface area contributed by atoms with Crippen molar-refractivity contribution in [1.29, 1.82) is 5.26 Å². The van der Waals surface area contributed by atoms with Gasteiger partial charge >= 0.3 is 0 Å². The molecule has 1 heterocycles. The number of nitrogens with one attached hydrogen (secondary N) is 1. The molecular weight excluding hydrogens is 248 g/mol. The molecule has 0 aliphatic carbocycles. The number of halogens is 1. The molecule has 0 fully saturated rings. The summed E-state index contributed by atoms with van der Waals surface area (Å²) in [7, 11) is 1.79. The van der Waals surface area contributed by atoms with Crippen molar-refractivity contribution in [2.24, 2.45) is 7.05 Å². The Labute approximate surface area is 111 Å². The molecule has 0 saturated heterocycles. The molecule has 92 valence electrons. The minimum atomic E-state index is 0.536. The molecule has 1 aromatic carbocycles. The Morgan fingerprint density at radius 1 is 1.39 bits per heavy atom. The smallest absolute Gasteiger partial charge is 0.146 e. The summed E-state index contributed by atoms with van der Waals surface area (Å²) >= 11 is 6.16.